The number of sulfonamides is 1. The summed E-state index contributed by atoms with van der Waals surface area (Å²) in [6.07, 6.45) is 1.09. The SMILES string of the molecule is CC(C)(C)c1ccc(C(=O)c2cccc(NC(=O)c3ccc(N(Cc4c(Cl)cccc4Cl)S(C)(=O)=O)cc3)c2)cc1. The van der Waals surface area contributed by atoms with Gasteiger partial charge in [0.25, 0.3) is 5.91 Å². The fourth-order valence-electron chi connectivity index (χ4n) is 4.24. The third-order valence-corrected chi connectivity index (χ3v) is 8.43. The van der Waals surface area contributed by atoms with Gasteiger partial charge in [0.1, 0.15) is 0 Å². The third-order valence-electron chi connectivity index (χ3n) is 6.58. The minimum Gasteiger partial charge on any atom is -0.322 e. The molecule has 212 valence electrons. The highest BCUT2D eigenvalue weighted by Gasteiger charge is 2.21. The molecule has 0 heterocycles. The van der Waals surface area contributed by atoms with E-state index in [0.29, 0.717) is 43.7 Å². The van der Waals surface area contributed by atoms with Crippen LogP contribution in [-0.2, 0) is 22.0 Å². The van der Waals surface area contributed by atoms with Gasteiger partial charge in [0.05, 0.1) is 18.5 Å². The van der Waals surface area contributed by atoms with Gasteiger partial charge in [0.15, 0.2) is 5.78 Å². The van der Waals surface area contributed by atoms with Crippen LogP contribution < -0.4 is 9.62 Å². The molecular formula is C32H30Cl2N2O4S. The first kappa shape index (κ1) is 30.3. The Bertz CT molecular complexity index is 1680. The number of halogens is 2. The Hall–Kier alpha value is -3.65. The third kappa shape index (κ3) is 7.36. The molecule has 9 heteroatoms. The summed E-state index contributed by atoms with van der Waals surface area (Å²) in [7, 11) is -3.69. The number of carbonyl (C=O) groups is 2. The fraction of sp³-hybridized carbons (Fsp3) is 0.188. The molecule has 0 bridgehead atoms. The van der Waals surface area contributed by atoms with Gasteiger partial charge in [-0.1, -0.05) is 86.4 Å². The van der Waals surface area contributed by atoms with E-state index in [1.165, 1.54) is 16.4 Å². The summed E-state index contributed by atoms with van der Waals surface area (Å²) < 4.78 is 26.4. The lowest BCUT2D eigenvalue weighted by Gasteiger charge is -2.23. The van der Waals surface area contributed by atoms with Crippen molar-refractivity contribution < 1.29 is 18.0 Å². The minimum absolute atomic E-state index is 0.0175. The molecule has 6 nitrogen and oxygen atoms in total. The molecule has 0 radical (unpaired) electrons. The number of amides is 1. The molecule has 1 N–H and O–H groups in total. The molecule has 0 saturated heterocycles. The second kappa shape index (κ2) is 12.1. The zero-order chi connectivity index (χ0) is 29.9. The van der Waals surface area contributed by atoms with Gasteiger partial charge in [0.2, 0.25) is 10.0 Å². The first-order chi connectivity index (χ1) is 19.2. The smallest absolute Gasteiger partial charge is 0.255 e. The van der Waals surface area contributed by atoms with E-state index in [9.17, 15) is 18.0 Å². The largest absolute Gasteiger partial charge is 0.322 e. The number of benzene rings is 4. The van der Waals surface area contributed by atoms with Crippen molar-refractivity contribution in [1.82, 2.24) is 0 Å². The summed E-state index contributed by atoms with van der Waals surface area (Å²) in [6.45, 7) is 6.27. The van der Waals surface area contributed by atoms with E-state index in [0.717, 1.165) is 11.8 Å². The van der Waals surface area contributed by atoms with Gasteiger partial charge in [-0.3, -0.25) is 13.9 Å². The van der Waals surface area contributed by atoms with Crippen LogP contribution >= 0.6 is 23.2 Å². The Morgan fingerprint density at radius 3 is 1.90 bits per heavy atom. The van der Waals surface area contributed by atoms with Gasteiger partial charge >= 0.3 is 0 Å². The van der Waals surface area contributed by atoms with Gasteiger partial charge in [-0.2, -0.15) is 0 Å². The van der Waals surface area contributed by atoms with E-state index in [1.807, 2.05) is 24.3 Å². The molecule has 1 amide bonds. The quantitative estimate of drug-likeness (QED) is 0.207. The molecule has 0 aliphatic heterocycles. The summed E-state index contributed by atoms with van der Waals surface area (Å²) in [5.74, 6) is -0.555. The highest BCUT2D eigenvalue weighted by Crippen LogP contribution is 2.29. The molecule has 0 aromatic heterocycles. The number of hydrogen-bond donors (Lipinski definition) is 1. The van der Waals surface area contributed by atoms with Crippen LogP contribution in [0.3, 0.4) is 0 Å². The second-order valence-electron chi connectivity index (χ2n) is 10.7. The van der Waals surface area contributed by atoms with Crippen molar-refractivity contribution in [1.29, 1.82) is 0 Å². The van der Waals surface area contributed by atoms with Crippen LogP contribution in [0.1, 0.15) is 58.2 Å². The normalized spacial score (nSPS) is 11.7. The van der Waals surface area contributed by atoms with E-state index in [-0.39, 0.29) is 17.7 Å². The van der Waals surface area contributed by atoms with Crippen LogP contribution in [0.15, 0.2) is 91.0 Å². The second-order valence-corrected chi connectivity index (χ2v) is 13.4. The van der Waals surface area contributed by atoms with Crippen molar-refractivity contribution >= 4 is 56.3 Å². The maximum atomic E-state index is 13.1. The number of nitrogens with zero attached hydrogens (tertiary/aromatic N) is 1. The van der Waals surface area contributed by atoms with Gasteiger partial charge in [-0.05, 0) is 59.5 Å². The molecule has 0 unspecified atom stereocenters. The van der Waals surface area contributed by atoms with E-state index < -0.39 is 15.9 Å². The van der Waals surface area contributed by atoms with Crippen LogP contribution in [0.25, 0.3) is 0 Å². The zero-order valence-corrected chi connectivity index (χ0v) is 25.4. The lowest BCUT2D eigenvalue weighted by molar-refractivity contribution is 0.102. The molecule has 4 rings (SSSR count). The van der Waals surface area contributed by atoms with Crippen molar-refractivity contribution in [3.63, 3.8) is 0 Å². The van der Waals surface area contributed by atoms with E-state index in [4.69, 9.17) is 23.2 Å². The van der Waals surface area contributed by atoms with Crippen LogP contribution in [0.2, 0.25) is 10.0 Å². The lowest BCUT2D eigenvalue weighted by Crippen LogP contribution is -2.29. The van der Waals surface area contributed by atoms with Crippen molar-refractivity contribution in [3.8, 4) is 0 Å². The summed E-state index contributed by atoms with van der Waals surface area (Å²) in [4.78, 5) is 26.1. The molecule has 0 aliphatic carbocycles. The van der Waals surface area contributed by atoms with Gasteiger partial charge in [0, 0.05) is 38.0 Å². The van der Waals surface area contributed by atoms with Gasteiger partial charge in [-0.25, -0.2) is 8.42 Å². The summed E-state index contributed by atoms with van der Waals surface area (Å²) >= 11 is 12.5. The Morgan fingerprint density at radius 1 is 0.780 bits per heavy atom. The highest BCUT2D eigenvalue weighted by molar-refractivity contribution is 7.92. The molecule has 0 atom stereocenters. The molecule has 0 saturated carbocycles. The van der Waals surface area contributed by atoms with Crippen molar-refractivity contribution in [2.75, 3.05) is 15.9 Å². The number of anilines is 2. The molecule has 41 heavy (non-hydrogen) atoms. The monoisotopic (exact) mass is 608 g/mol. The van der Waals surface area contributed by atoms with E-state index in [1.54, 1.807) is 54.6 Å². The summed E-state index contributed by atoms with van der Waals surface area (Å²) in [6, 6.07) is 25.4. The Kier molecular flexibility index (Phi) is 8.92. The molecule has 0 aliphatic rings. The van der Waals surface area contributed by atoms with Crippen LogP contribution in [-0.4, -0.2) is 26.4 Å². The molecule has 0 fully saturated rings. The highest BCUT2D eigenvalue weighted by atomic mass is 35.5. The van der Waals surface area contributed by atoms with Crippen LogP contribution in [0.4, 0.5) is 11.4 Å². The predicted octanol–water partition coefficient (Wildman–Crippen LogP) is 7.74. The maximum Gasteiger partial charge on any atom is 0.255 e. The average molecular weight is 610 g/mol. The maximum absolute atomic E-state index is 13.1. The molecule has 4 aromatic carbocycles. The fourth-order valence-corrected chi connectivity index (χ4v) is 5.62. The predicted molar refractivity (Wildman–Crippen MR) is 167 cm³/mol. The standard InChI is InChI=1S/C32H30Cl2N2O4S/c1-32(2,3)24-15-11-21(12-16-24)30(37)23-7-5-8-25(19-23)35-31(38)22-13-17-26(18-14-22)36(41(4,39)40)20-27-28(33)9-6-10-29(27)34/h5-19H,20H2,1-4H3,(H,35,38). The van der Waals surface area contributed by atoms with Crippen molar-refractivity contribution in [2.24, 2.45) is 0 Å². The van der Waals surface area contributed by atoms with Gasteiger partial charge < -0.3 is 5.32 Å². The number of ketones is 1. The topological polar surface area (TPSA) is 83.6 Å². The minimum atomic E-state index is -3.69. The molecule has 4 aromatic rings. The Balaban J connectivity index is 1.50. The van der Waals surface area contributed by atoms with Crippen molar-refractivity contribution in [2.45, 2.75) is 32.7 Å². The number of carbonyl (C=O) groups excluding carboxylic acids is 2. The average Bonchev–Trinajstić information content (AvgIpc) is 2.91. The number of rotatable bonds is 8. The summed E-state index contributed by atoms with van der Waals surface area (Å²) in [5.41, 5.74) is 3.72. The van der Waals surface area contributed by atoms with Gasteiger partial charge in [-0.15, -0.1) is 0 Å². The number of hydrogen-bond acceptors (Lipinski definition) is 4. The van der Waals surface area contributed by atoms with E-state index in [2.05, 4.69) is 26.1 Å². The Morgan fingerprint density at radius 2 is 1.34 bits per heavy atom. The van der Waals surface area contributed by atoms with Crippen LogP contribution in [0, 0.1) is 0 Å². The first-order valence-corrected chi connectivity index (χ1v) is 15.4. The number of nitrogens with one attached hydrogen (secondary N) is 1. The summed E-state index contributed by atoms with van der Waals surface area (Å²) in [5, 5.41) is 3.51. The molecule has 0 spiro atoms. The molecular weight excluding hydrogens is 579 g/mol. The van der Waals surface area contributed by atoms with Crippen LogP contribution in [0.5, 0.6) is 0 Å². The zero-order valence-electron chi connectivity index (χ0n) is 23.1. The Labute approximate surface area is 251 Å². The van der Waals surface area contributed by atoms with Crippen molar-refractivity contribution in [3.05, 3.63) is 129 Å². The first-order valence-electron chi connectivity index (χ1n) is 12.8. The van der Waals surface area contributed by atoms with E-state index >= 15 is 0 Å². The lowest BCUT2D eigenvalue weighted by atomic mass is 9.86.